The van der Waals surface area contributed by atoms with E-state index in [2.05, 4.69) is 4.52 Å². The number of rotatable bonds is 4. The predicted octanol–water partition coefficient (Wildman–Crippen LogP) is 0.737. The Labute approximate surface area is 184 Å². The van der Waals surface area contributed by atoms with Gasteiger partial charge in [-0.2, -0.15) is 0 Å². The number of carbonyl (C=O) groups is 2. The average Bonchev–Trinajstić information content (AvgIpc) is 2.89. The fourth-order valence-corrected chi connectivity index (χ4v) is 7.27. The van der Waals surface area contributed by atoms with Crippen molar-refractivity contribution in [3.63, 3.8) is 0 Å². The number of hydrogen-bond donors (Lipinski definition) is 5. The molecule has 11 heteroatoms. The summed E-state index contributed by atoms with van der Waals surface area (Å²) in [7, 11) is -5.01. The predicted molar refractivity (Wildman–Crippen MR) is 108 cm³/mol. The van der Waals surface area contributed by atoms with Crippen LogP contribution in [0, 0.1) is 22.7 Å². The van der Waals surface area contributed by atoms with Crippen LogP contribution in [0.5, 0.6) is 0 Å². The molecule has 0 aromatic heterocycles. The van der Waals surface area contributed by atoms with Crippen LogP contribution in [0.25, 0.3) is 0 Å². The van der Waals surface area contributed by atoms with Crippen LogP contribution in [0.2, 0.25) is 0 Å². The molecule has 32 heavy (non-hydrogen) atoms. The largest absolute Gasteiger partial charge is 0.470 e. The molecule has 0 aromatic rings. The van der Waals surface area contributed by atoms with Gasteiger partial charge in [-0.15, -0.1) is 0 Å². The Balaban J connectivity index is 1.74. The summed E-state index contributed by atoms with van der Waals surface area (Å²) in [5.41, 5.74) is -6.83. The van der Waals surface area contributed by atoms with Crippen molar-refractivity contribution in [2.24, 2.45) is 22.7 Å². The van der Waals surface area contributed by atoms with Crippen LogP contribution < -0.4 is 0 Å². The molecule has 178 valence electrons. The topological polar surface area (TPSA) is 162 Å². The quantitative estimate of drug-likeness (QED) is 0.370. The van der Waals surface area contributed by atoms with E-state index in [-0.39, 0.29) is 25.0 Å². The third-order valence-electron chi connectivity index (χ3n) is 8.65. The molecule has 0 heterocycles. The Hall–Kier alpha value is -1.26. The summed E-state index contributed by atoms with van der Waals surface area (Å²) in [5, 5.41) is 33.2. The first-order valence-electron chi connectivity index (χ1n) is 10.6. The molecule has 3 fully saturated rings. The summed E-state index contributed by atoms with van der Waals surface area (Å²) in [6.45, 7) is 1.97. The average molecular weight is 474 g/mol. The Kier molecular flexibility index (Phi) is 5.31. The summed E-state index contributed by atoms with van der Waals surface area (Å²) < 4.78 is 32.2. The van der Waals surface area contributed by atoms with Crippen molar-refractivity contribution in [3.8, 4) is 0 Å². The molecule has 8 atom stereocenters. The second kappa shape index (κ2) is 7.12. The number of carbonyl (C=O) groups excluding carboxylic acids is 2. The maximum Gasteiger partial charge on any atom is 0.470 e. The van der Waals surface area contributed by atoms with Crippen LogP contribution in [0.4, 0.5) is 4.39 Å². The normalized spacial score (nSPS) is 48.0. The molecular formula is C21H28FO9P. The van der Waals surface area contributed by atoms with E-state index in [4.69, 9.17) is 9.79 Å². The number of phosphoric ester groups is 1. The molecule has 0 aromatic carbocycles. The van der Waals surface area contributed by atoms with Crippen molar-refractivity contribution in [1.82, 2.24) is 0 Å². The molecule has 0 amide bonds. The van der Waals surface area contributed by atoms with Crippen molar-refractivity contribution < 1.29 is 48.2 Å². The summed E-state index contributed by atoms with van der Waals surface area (Å²) in [6.07, 6.45) is 0.996. The number of halogens is 1. The standard InChI is InChI=1S/C21H28FO9P/c1-18-6-5-12(23)7-11(18)3-4-13-14-8-15(24)21(27,17(26)10-31-32(28,29)30)19(14,2)9-16(25)20(13,18)22/h5-7,13-16,24-25,27H,3-4,8-10H2,1-2H3,(H2,28,29,30)/t13-,14-,15+,16-,18-,19-,20-,21-/m0/s1. The molecule has 9 nitrogen and oxygen atoms in total. The molecule has 4 rings (SSSR count). The number of phosphoric acid groups is 1. The highest BCUT2D eigenvalue weighted by Crippen LogP contribution is 2.69. The van der Waals surface area contributed by atoms with E-state index in [1.807, 2.05) is 0 Å². The van der Waals surface area contributed by atoms with Gasteiger partial charge in [0, 0.05) is 16.7 Å². The lowest BCUT2D eigenvalue weighted by molar-refractivity contribution is -0.222. The smallest absolute Gasteiger partial charge is 0.390 e. The lowest BCUT2D eigenvalue weighted by Gasteiger charge is -2.62. The van der Waals surface area contributed by atoms with Crippen LogP contribution >= 0.6 is 7.82 Å². The van der Waals surface area contributed by atoms with Gasteiger partial charge in [0.05, 0.1) is 12.2 Å². The van der Waals surface area contributed by atoms with Crippen LogP contribution in [-0.4, -0.2) is 66.8 Å². The van der Waals surface area contributed by atoms with Gasteiger partial charge in [0.1, 0.15) is 6.61 Å². The molecular weight excluding hydrogens is 446 g/mol. The van der Waals surface area contributed by atoms with Gasteiger partial charge in [-0.1, -0.05) is 18.6 Å². The van der Waals surface area contributed by atoms with Crippen molar-refractivity contribution in [1.29, 1.82) is 0 Å². The molecule has 5 N–H and O–H groups in total. The van der Waals surface area contributed by atoms with Crippen LogP contribution in [-0.2, 0) is 18.7 Å². The van der Waals surface area contributed by atoms with E-state index in [0.29, 0.717) is 12.0 Å². The van der Waals surface area contributed by atoms with Gasteiger partial charge in [0.2, 0.25) is 0 Å². The van der Waals surface area contributed by atoms with Gasteiger partial charge < -0.3 is 25.1 Å². The molecule has 0 spiro atoms. The Bertz CT molecular complexity index is 974. The summed E-state index contributed by atoms with van der Waals surface area (Å²) in [6, 6.07) is 0. The maximum absolute atomic E-state index is 16.9. The number of aliphatic hydroxyl groups is 3. The van der Waals surface area contributed by atoms with E-state index in [1.54, 1.807) is 6.92 Å². The Morgan fingerprint density at radius 3 is 2.53 bits per heavy atom. The van der Waals surface area contributed by atoms with E-state index in [1.165, 1.54) is 25.2 Å². The van der Waals surface area contributed by atoms with Gasteiger partial charge in [-0.3, -0.25) is 14.1 Å². The highest BCUT2D eigenvalue weighted by molar-refractivity contribution is 7.46. The number of ketones is 2. The second-order valence-electron chi connectivity index (χ2n) is 9.97. The van der Waals surface area contributed by atoms with Gasteiger partial charge >= 0.3 is 7.82 Å². The van der Waals surface area contributed by atoms with Gasteiger partial charge in [0.25, 0.3) is 0 Å². The summed E-state index contributed by atoms with van der Waals surface area (Å²) in [4.78, 5) is 42.5. The van der Waals surface area contributed by atoms with E-state index >= 15 is 4.39 Å². The van der Waals surface area contributed by atoms with Crippen LogP contribution in [0.3, 0.4) is 0 Å². The summed E-state index contributed by atoms with van der Waals surface area (Å²) in [5.74, 6) is -2.94. The zero-order valence-electron chi connectivity index (χ0n) is 17.8. The van der Waals surface area contributed by atoms with Crippen LogP contribution in [0.1, 0.15) is 39.5 Å². The third-order valence-corrected chi connectivity index (χ3v) is 9.12. The molecule has 0 aliphatic heterocycles. The van der Waals surface area contributed by atoms with E-state index in [0.717, 1.165) is 0 Å². The molecule has 4 aliphatic rings. The van der Waals surface area contributed by atoms with Crippen molar-refractivity contribution in [3.05, 3.63) is 23.8 Å². The molecule has 0 unspecified atom stereocenters. The van der Waals surface area contributed by atoms with E-state index < -0.39 is 66.4 Å². The van der Waals surface area contributed by atoms with Crippen LogP contribution in [0.15, 0.2) is 23.8 Å². The minimum absolute atomic E-state index is 0.129. The van der Waals surface area contributed by atoms with E-state index in [9.17, 15) is 29.5 Å². The second-order valence-corrected chi connectivity index (χ2v) is 11.2. The molecule has 0 saturated heterocycles. The summed E-state index contributed by atoms with van der Waals surface area (Å²) >= 11 is 0. The monoisotopic (exact) mass is 474 g/mol. The highest BCUT2D eigenvalue weighted by Gasteiger charge is 2.76. The molecule has 3 saturated carbocycles. The Morgan fingerprint density at radius 2 is 1.91 bits per heavy atom. The lowest BCUT2D eigenvalue weighted by Crippen LogP contribution is -2.69. The number of aliphatic hydroxyl groups excluding tert-OH is 2. The van der Waals surface area contributed by atoms with Gasteiger partial charge in [-0.25, -0.2) is 8.96 Å². The van der Waals surface area contributed by atoms with Crippen molar-refractivity contribution in [2.45, 2.75) is 63.0 Å². The van der Waals surface area contributed by atoms with Gasteiger partial charge in [-0.05, 0) is 50.7 Å². The molecule has 0 radical (unpaired) electrons. The lowest BCUT2D eigenvalue weighted by atomic mass is 9.44. The van der Waals surface area contributed by atoms with Crippen molar-refractivity contribution in [2.75, 3.05) is 6.61 Å². The SMILES string of the molecule is C[C@]12C=CC(=O)C=C1CC[C@H]1[C@@H]3C[C@@H](O)[C@](O)(C(=O)COP(=O)(O)O)[C@@]3(C)C[C@H](O)[C@@]12F. The molecule has 0 bridgehead atoms. The first-order chi connectivity index (χ1) is 14.6. The fourth-order valence-electron chi connectivity index (χ4n) is 6.98. The first-order valence-corrected chi connectivity index (χ1v) is 12.1. The number of allylic oxidation sites excluding steroid dienone is 4. The highest BCUT2D eigenvalue weighted by atomic mass is 31.2. The minimum Gasteiger partial charge on any atom is -0.390 e. The number of alkyl halides is 1. The number of Topliss-reactive ketones (excluding diaryl/α,β-unsaturated/α-hetero) is 1. The Morgan fingerprint density at radius 1 is 1.25 bits per heavy atom. The van der Waals surface area contributed by atoms with Crippen molar-refractivity contribution >= 4 is 19.4 Å². The number of fused-ring (bicyclic) bond motifs is 5. The van der Waals surface area contributed by atoms with Gasteiger partial charge in [0.15, 0.2) is 22.8 Å². The zero-order valence-corrected chi connectivity index (χ0v) is 18.7. The fraction of sp³-hybridized carbons (Fsp3) is 0.714. The first kappa shape index (κ1) is 23.9. The maximum atomic E-state index is 16.9. The molecule has 4 aliphatic carbocycles. The minimum atomic E-state index is -5.01. The number of hydrogen-bond acceptors (Lipinski definition) is 7. The third kappa shape index (κ3) is 2.94. The zero-order chi connectivity index (χ0) is 23.9.